The number of anilines is 1. The minimum Gasteiger partial charge on any atom is -0.497 e. The SMILES string of the molecule is COc1ccc(-c2nnc(C(=O)Nc3ccc(OC)c(Cl)c3)o2)cc1. The molecule has 0 aliphatic rings. The zero-order valence-corrected chi connectivity index (χ0v) is 14.2. The Morgan fingerprint density at radius 3 is 2.48 bits per heavy atom. The van der Waals surface area contributed by atoms with Gasteiger partial charge >= 0.3 is 11.8 Å². The second-order valence-electron chi connectivity index (χ2n) is 4.94. The summed E-state index contributed by atoms with van der Waals surface area (Å²) in [6.07, 6.45) is 0. The zero-order chi connectivity index (χ0) is 17.8. The van der Waals surface area contributed by atoms with E-state index in [4.69, 9.17) is 25.5 Å². The average molecular weight is 360 g/mol. The normalized spacial score (nSPS) is 10.4. The summed E-state index contributed by atoms with van der Waals surface area (Å²) in [7, 11) is 3.09. The van der Waals surface area contributed by atoms with Gasteiger partial charge in [-0.3, -0.25) is 4.79 Å². The molecule has 25 heavy (non-hydrogen) atoms. The topological polar surface area (TPSA) is 86.5 Å². The van der Waals surface area contributed by atoms with Gasteiger partial charge in [-0.1, -0.05) is 11.6 Å². The third kappa shape index (κ3) is 3.72. The van der Waals surface area contributed by atoms with Crippen LogP contribution in [-0.4, -0.2) is 30.3 Å². The Morgan fingerprint density at radius 1 is 1.08 bits per heavy atom. The maximum atomic E-state index is 12.2. The van der Waals surface area contributed by atoms with Gasteiger partial charge in [0.05, 0.1) is 19.2 Å². The first-order valence-electron chi connectivity index (χ1n) is 7.23. The lowest BCUT2D eigenvalue weighted by atomic mass is 10.2. The van der Waals surface area contributed by atoms with Crippen LogP contribution in [0.15, 0.2) is 46.9 Å². The zero-order valence-electron chi connectivity index (χ0n) is 13.4. The second-order valence-corrected chi connectivity index (χ2v) is 5.35. The van der Waals surface area contributed by atoms with Crippen LogP contribution in [0, 0.1) is 0 Å². The second kappa shape index (κ2) is 7.23. The summed E-state index contributed by atoms with van der Waals surface area (Å²) in [5.74, 6) is 0.767. The summed E-state index contributed by atoms with van der Waals surface area (Å²) in [6, 6.07) is 11.9. The standard InChI is InChI=1S/C17H14ClN3O4/c1-23-12-6-3-10(4-7-12)16-20-21-17(25-16)15(22)19-11-5-8-14(24-2)13(18)9-11/h3-9H,1-2H3,(H,19,22). The number of halogens is 1. The molecule has 1 heterocycles. The van der Waals surface area contributed by atoms with Gasteiger partial charge in [-0.25, -0.2) is 0 Å². The molecule has 3 aromatic rings. The van der Waals surface area contributed by atoms with Crippen LogP contribution >= 0.6 is 11.6 Å². The van der Waals surface area contributed by atoms with Crippen LogP contribution in [0.5, 0.6) is 11.5 Å². The van der Waals surface area contributed by atoms with Gasteiger partial charge in [0.25, 0.3) is 0 Å². The molecule has 3 rings (SSSR count). The lowest BCUT2D eigenvalue weighted by Gasteiger charge is -2.06. The highest BCUT2D eigenvalue weighted by atomic mass is 35.5. The maximum absolute atomic E-state index is 12.2. The van der Waals surface area contributed by atoms with Gasteiger partial charge in [-0.15, -0.1) is 10.2 Å². The molecule has 8 heteroatoms. The van der Waals surface area contributed by atoms with Crippen LogP contribution in [-0.2, 0) is 0 Å². The summed E-state index contributed by atoms with van der Waals surface area (Å²) in [5, 5.41) is 10.7. The fourth-order valence-corrected chi connectivity index (χ4v) is 2.35. The minimum absolute atomic E-state index is 0.155. The van der Waals surface area contributed by atoms with Gasteiger partial charge < -0.3 is 19.2 Å². The van der Waals surface area contributed by atoms with Crippen LogP contribution in [0.1, 0.15) is 10.7 Å². The molecular weight excluding hydrogens is 346 g/mol. The summed E-state index contributed by atoms with van der Waals surface area (Å²) < 4.78 is 15.6. The molecule has 0 bridgehead atoms. The predicted octanol–water partition coefficient (Wildman–Crippen LogP) is 3.66. The van der Waals surface area contributed by atoms with E-state index < -0.39 is 5.91 Å². The van der Waals surface area contributed by atoms with Crippen molar-refractivity contribution in [3.8, 4) is 23.0 Å². The van der Waals surface area contributed by atoms with Crippen molar-refractivity contribution in [2.75, 3.05) is 19.5 Å². The average Bonchev–Trinajstić information content (AvgIpc) is 3.12. The molecule has 1 amide bonds. The van der Waals surface area contributed by atoms with Crippen molar-refractivity contribution in [1.29, 1.82) is 0 Å². The molecule has 0 aliphatic heterocycles. The van der Waals surface area contributed by atoms with Crippen molar-refractivity contribution >= 4 is 23.2 Å². The summed E-state index contributed by atoms with van der Waals surface area (Å²) in [4.78, 5) is 12.2. The molecule has 2 aromatic carbocycles. The van der Waals surface area contributed by atoms with E-state index >= 15 is 0 Å². The molecule has 1 N–H and O–H groups in total. The van der Waals surface area contributed by atoms with Crippen LogP contribution in [0.3, 0.4) is 0 Å². The highest BCUT2D eigenvalue weighted by Crippen LogP contribution is 2.27. The van der Waals surface area contributed by atoms with Crippen molar-refractivity contribution < 1.29 is 18.7 Å². The molecule has 7 nitrogen and oxygen atoms in total. The van der Waals surface area contributed by atoms with E-state index in [2.05, 4.69) is 15.5 Å². The number of rotatable bonds is 5. The Bertz CT molecular complexity index is 893. The van der Waals surface area contributed by atoms with Crippen LogP contribution in [0.4, 0.5) is 5.69 Å². The molecule has 0 saturated heterocycles. The van der Waals surface area contributed by atoms with Gasteiger partial charge in [0, 0.05) is 11.3 Å². The summed E-state index contributed by atoms with van der Waals surface area (Å²) in [5.41, 5.74) is 1.17. The Morgan fingerprint density at radius 2 is 1.84 bits per heavy atom. The number of methoxy groups -OCH3 is 2. The number of hydrogen-bond donors (Lipinski definition) is 1. The molecule has 0 unspecified atom stereocenters. The van der Waals surface area contributed by atoms with Crippen LogP contribution in [0.25, 0.3) is 11.5 Å². The Labute approximate surface area is 148 Å². The number of benzene rings is 2. The molecule has 1 aromatic heterocycles. The number of hydrogen-bond acceptors (Lipinski definition) is 6. The van der Waals surface area contributed by atoms with E-state index in [1.54, 1.807) is 49.6 Å². The van der Waals surface area contributed by atoms with Gasteiger partial charge in [0.2, 0.25) is 5.89 Å². The van der Waals surface area contributed by atoms with E-state index in [9.17, 15) is 4.79 Å². The number of nitrogens with zero attached hydrogens (tertiary/aromatic N) is 2. The molecular formula is C17H14ClN3O4. The van der Waals surface area contributed by atoms with Gasteiger partial charge in [0.1, 0.15) is 11.5 Å². The van der Waals surface area contributed by atoms with E-state index in [-0.39, 0.29) is 11.8 Å². The number of ether oxygens (including phenoxy) is 2. The number of carbonyl (C=O) groups is 1. The lowest BCUT2D eigenvalue weighted by Crippen LogP contribution is -2.12. The highest BCUT2D eigenvalue weighted by molar-refractivity contribution is 6.32. The van der Waals surface area contributed by atoms with Gasteiger partial charge in [-0.05, 0) is 42.5 Å². The fraction of sp³-hybridized carbons (Fsp3) is 0.118. The smallest absolute Gasteiger partial charge is 0.313 e. The largest absolute Gasteiger partial charge is 0.497 e. The van der Waals surface area contributed by atoms with Crippen LogP contribution < -0.4 is 14.8 Å². The first-order chi connectivity index (χ1) is 12.1. The van der Waals surface area contributed by atoms with Gasteiger partial charge in [0.15, 0.2) is 0 Å². The third-order valence-electron chi connectivity index (χ3n) is 3.37. The molecule has 0 saturated carbocycles. The van der Waals surface area contributed by atoms with E-state index in [0.29, 0.717) is 27.8 Å². The van der Waals surface area contributed by atoms with Crippen molar-refractivity contribution in [3.05, 3.63) is 53.4 Å². The third-order valence-corrected chi connectivity index (χ3v) is 3.66. The molecule has 0 radical (unpaired) electrons. The lowest BCUT2D eigenvalue weighted by molar-refractivity contribution is 0.0991. The Balaban J connectivity index is 1.75. The predicted molar refractivity (Wildman–Crippen MR) is 92.2 cm³/mol. The number of carbonyl (C=O) groups excluding carboxylic acids is 1. The Hall–Kier alpha value is -3.06. The molecule has 0 atom stereocenters. The highest BCUT2D eigenvalue weighted by Gasteiger charge is 2.16. The van der Waals surface area contributed by atoms with Crippen molar-refractivity contribution in [1.82, 2.24) is 10.2 Å². The number of aromatic nitrogens is 2. The van der Waals surface area contributed by atoms with Crippen molar-refractivity contribution in [2.24, 2.45) is 0 Å². The monoisotopic (exact) mass is 359 g/mol. The minimum atomic E-state index is -0.534. The quantitative estimate of drug-likeness (QED) is 0.748. The molecule has 0 fully saturated rings. The maximum Gasteiger partial charge on any atom is 0.313 e. The van der Waals surface area contributed by atoms with E-state index in [1.807, 2.05) is 0 Å². The van der Waals surface area contributed by atoms with Gasteiger partial charge in [-0.2, -0.15) is 0 Å². The Kier molecular flexibility index (Phi) is 4.85. The van der Waals surface area contributed by atoms with E-state index in [0.717, 1.165) is 0 Å². The number of nitrogens with one attached hydrogen (secondary N) is 1. The van der Waals surface area contributed by atoms with E-state index in [1.165, 1.54) is 7.11 Å². The summed E-state index contributed by atoms with van der Waals surface area (Å²) in [6.45, 7) is 0. The van der Waals surface area contributed by atoms with Crippen LogP contribution in [0.2, 0.25) is 5.02 Å². The van der Waals surface area contributed by atoms with Crippen molar-refractivity contribution in [3.63, 3.8) is 0 Å². The van der Waals surface area contributed by atoms with Crippen molar-refractivity contribution in [2.45, 2.75) is 0 Å². The molecule has 0 spiro atoms. The molecule has 128 valence electrons. The first kappa shape index (κ1) is 16.8. The fourth-order valence-electron chi connectivity index (χ4n) is 2.09. The molecule has 0 aliphatic carbocycles. The number of amides is 1. The first-order valence-corrected chi connectivity index (χ1v) is 7.61. The summed E-state index contributed by atoms with van der Waals surface area (Å²) >= 11 is 6.03.